The number of non-ortho nitro benzene ring substituents is 1. The van der Waals surface area contributed by atoms with Gasteiger partial charge in [0.05, 0.1) is 22.6 Å². The number of carbonyl (C=O) groups is 1. The molecule has 114 valence electrons. The first-order valence-corrected chi connectivity index (χ1v) is 7.35. The Morgan fingerprint density at radius 2 is 2.14 bits per heavy atom. The number of hydrogen-bond acceptors (Lipinski definition) is 5. The minimum Gasteiger partial charge on any atom is -0.350 e. The van der Waals surface area contributed by atoms with E-state index in [0.29, 0.717) is 0 Å². The van der Waals surface area contributed by atoms with E-state index in [1.165, 1.54) is 23.9 Å². The fourth-order valence-electron chi connectivity index (χ4n) is 1.62. The number of aromatic nitrogens is 1. The van der Waals surface area contributed by atoms with Gasteiger partial charge in [0, 0.05) is 30.3 Å². The molecule has 1 N–H and O–H groups in total. The first-order valence-electron chi connectivity index (χ1n) is 6.37. The second-order valence-corrected chi connectivity index (χ2v) is 5.43. The van der Waals surface area contributed by atoms with Crippen molar-refractivity contribution in [2.75, 3.05) is 5.75 Å². The summed E-state index contributed by atoms with van der Waals surface area (Å²) in [5, 5.41) is 14.4. The Morgan fingerprint density at radius 3 is 2.73 bits per heavy atom. The quantitative estimate of drug-likeness (QED) is 0.382. The smallest absolute Gasteiger partial charge is 0.269 e. The Bertz CT molecular complexity index is 694. The summed E-state index contributed by atoms with van der Waals surface area (Å²) in [6, 6.07) is 9.81. The molecule has 2 aromatic rings. The molecule has 0 spiro atoms. The number of benzene rings is 1. The molecule has 1 aromatic carbocycles. The van der Waals surface area contributed by atoms with Crippen LogP contribution >= 0.6 is 11.8 Å². The number of nitro groups is 1. The molecule has 0 saturated carbocycles. The third-order valence-corrected chi connectivity index (χ3v) is 3.80. The van der Waals surface area contributed by atoms with Gasteiger partial charge in [-0.3, -0.25) is 14.9 Å². The normalized spacial score (nSPS) is 10.8. The maximum Gasteiger partial charge on any atom is 0.269 e. The monoisotopic (exact) mass is 318 g/mol. The van der Waals surface area contributed by atoms with Gasteiger partial charge in [-0.25, -0.2) is 5.43 Å². The van der Waals surface area contributed by atoms with E-state index < -0.39 is 4.92 Å². The summed E-state index contributed by atoms with van der Waals surface area (Å²) >= 11 is 1.29. The van der Waals surface area contributed by atoms with Gasteiger partial charge in [0.1, 0.15) is 0 Å². The van der Waals surface area contributed by atoms with E-state index >= 15 is 0 Å². The lowest BCUT2D eigenvalue weighted by molar-refractivity contribution is -0.384. The third-order valence-electron chi connectivity index (χ3n) is 2.79. The van der Waals surface area contributed by atoms with Crippen LogP contribution in [0.5, 0.6) is 0 Å². The van der Waals surface area contributed by atoms with Crippen molar-refractivity contribution in [3.8, 4) is 0 Å². The topological polar surface area (TPSA) is 89.5 Å². The predicted octanol–water partition coefficient (Wildman–Crippen LogP) is 2.18. The number of amides is 1. The molecule has 0 saturated heterocycles. The number of rotatable bonds is 6. The predicted molar refractivity (Wildman–Crippen MR) is 85.0 cm³/mol. The van der Waals surface area contributed by atoms with Gasteiger partial charge in [-0.15, -0.1) is 11.8 Å². The van der Waals surface area contributed by atoms with Gasteiger partial charge < -0.3 is 4.57 Å². The maximum atomic E-state index is 11.6. The van der Waals surface area contributed by atoms with Crippen LogP contribution in [0.2, 0.25) is 0 Å². The number of aryl methyl sites for hydroxylation is 1. The van der Waals surface area contributed by atoms with Gasteiger partial charge >= 0.3 is 0 Å². The zero-order chi connectivity index (χ0) is 15.9. The van der Waals surface area contributed by atoms with Crippen molar-refractivity contribution in [1.29, 1.82) is 0 Å². The molecule has 0 unspecified atom stereocenters. The van der Waals surface area contributed by atoms with Gasteiger partial charge in [-0.05, 0) is 24.3 Å². The number of thioether (sulfide) groups is 1. The summed E-state index contributed by atoms with van der Waals surface area (Å²) in [5.74, 6) is -0.0590. The first kappa shape index (κ1) is 15.8. The number of nitrogens with one attached hydrogen (secondary N) is 1. The number of nitrogens with zero attached hydrogens (tertiary/aromatic N) is 3. The van der Waals surface area contributed by atoms with E-state index in [4.69, 9.17) is 0 Å². The van der Waals surface area contributed by atoms with Gasteiger partial charge in [-0.2, -0.15) is 5.10 Å². The minimum atomic E-state index is -0.459. The Kier molecular flexibility index (Phi) is 5.31. The van der Waals surface area contributed by atoms with Crippen molar-refractivity contribution >= 4 is 29.6 Å². The molecule has 22 heavy (non-hydrogen) atoms. The highest BCUT2D eigenvalue weighted by Gasteiger charge is 2.06. The second kappa shape index (κ2) is 7.41. The summed E-state index contributed by atoms with van der Waals surface area (Å²) in [5.41, 5.74) is 3.34. The summed E-state index contributed by atoms with van der Waals surface area (Å²) in [7, 11) is 1.88. The maximum absolute atomic E-state index is 11.6. The molecule has 0 atom stereocenters. The van der Waals surface area contributed by atoms with Crippen LogP contribution in [0.3, 0.4) is 0 Å². The number of hydrogen-bond donors (Lipinski definition) is 1. The van der Waals surface area contributed by atoms with E-state index in [9.17, 15) is 14.9 Å². The number of carbonyl (C=O) groups excluding carboxylic acids is 1. The third kappa shape index (κ3) is 4.45. The van der Waals surface area contributed by atoms with Crippen LogP contribution in [0.15, 0.2) is 52.6 Å². The zero-order valence-corrected chi connectivity index (χ0v) is 12.6. The van der Waals surface area contributed by atoms with Crippen LogP contribution in [0.4, 0.5) is 5.69 Å². The van der Waals surface area contributed by atoms with Crippen molar-refractivity contribution < 1.29 is 9.72 Å². The minimum absolute atomic E-state index is 0.0287. The Labute approximate surface area is 131 Å². The highest BCUT2D eigenvalue weighted by molar-refractivity contribution is 8.00. The lowest BCUT2D eigenvalue weighted by atomic mass is 10.3. The van der Waals surface area contributed by atoms with Gasteiger partial charge in [0.25, 0.3) is 5.69 Å². The summed E-state index contributed by atoms with van der Waals surface area (Å²) in [4.78, 5) is 22.5. The molecule has 2 rings (SSSR count). The molecule has 0 radical (unpaired) electrons. The number of hydrazone groups is 1. The molecule has 0 aliphatic rings. The Balaban J connectivity index is 1.79. The highest BCUT2D eigenvalue weighted by Crippen LogP contribution is 2.20. The average Bonchev–Trinajstić information content (AvgIpc) is 2.91. The average molecular weight is 318 g/mol. The van der Waals surface area contributed by atoms with Gasteiger partial charge in [-0.1, -0.05) is 0 Å². The van der Waals surface area contributed by atoms with E-state index in [1.807, 2.05) is 29.9 Å². The molecule has 1 heterocycles. The molecule has 7 nitrogen and oxygen atoms in total. The second-order valence-electron chi connectivity index (χ2n) is 4.38. The Morgan fingerprint density at radius 1 is 1.41 bits per heavy atom. The summed E-state index contributed by atoms with van der Waals surface area (Å²) in [6.07, 6.45) is 3.45. The van der Waals surface area contributed by atoms with Crippen molar-refractivity contribution in [3.63, 3.8) is 0 Å². The standard InChI is InChI=1S/C14H14N4O3S/c1-17-8-2-3-12(17)9-15-16-14(19)10-22-13-6-4-11(5-7-13)18(20)21/h2-9H,10H2,1H3,(H,16,19)/b15-9-. The van der Waals surface area contributed by atoms with Crippen LogP contribution < -0.4 is 5.43 Å². The highest BCUT2D eigenvalue weighted by atomic mass is 32.2. The molecule has 8 heteroatoms. The van der Waals surface area contributed by atoms with E-state index in [1.54, 1.807) is 18.3 Å². The van der Waals surface area contributed by atoms with Crippen molar-refractivity contribution in [2.45, 2.75) is 4.90 Å². The first-order chi connectivity index (χ1) is 10.6. The lowest BCUT2D eigenvalue weighted by Gasteiger charge is -2.01. The van der Waals surface area contributed by atoms with E-state index in [2.05, 4.69) is 10.5 Å². The van der Waals surface area contributed by atoms with Crippen LogP contribution in [0.1, 0.15) is 5.69 Å². The summed E-state index contributed by atoms with van der Waals surface area (Å²) in [6.45, 7) is 0. The fraction of sp³-hybridized carbons (Fsp3) is 0.143. The van der Waals surface area contributed by atoms with Crippen molar-refractivity contribution in [3.05, 3.63) is 58.4 Å². The van der Waals surface area contributed by atoms with Crippen LogP contribution in [-0.4, -0.2) is 27.4 Å². The van der Waals surface area contributed by atoms with Crippen LogP contribution in [0, 0.1) is 10.1 Å². The molecule has 1 amide bonds. The zero-order valence-electron chi connectivity index (χ0n) is 11.8. The fourth-order valence-corrected chi connectivity index (χ4v) is 2.31. The largest absolute Gasteiger partial charge is 0.350 e. The molecule has 0 bridgehead atoms. The van der Waals surface area contributed by atoms with Crippen molar-refractivity contribution in [1.82, 2.24) is 9.99 Å². The van der Waals surface area contributed by atoms with Gasteiger partial charge in [0.15, 0.2) is 0 Å². The SMILES string of the molecule is Cn1cccc1/C=N\NC(=O)CSc1ccc([N+](=O)[O-])cc1. The molecule has 0 aliphatic carbocycles. The van der Waals surface area contributed by atoms with E-state index in [0.717, 1.165) is 10.6 Å². The van der Waals surface area contributed by atoms with Crippen LogP contribution in [0.25, 0.3) is 0 Å². The Hall–Kier alpha value is -2.61. The molecule has 0 aliphatic heterocycles. The molecule has 1 aromatic heterocycles. The molecular formula is C14H14N4O3S. The van der Waals surface area contributed by atoms with E-state index in [-0.39, 0.29) is 17.3 Å². The van der Waals surface area contributed by atoms with Crippen molar-refractivity contribution in [2.24, 2.45) is 12.1 Å². The molecular weight excluding hydrogens is 304 g/mol. The lowest BCUT2D eigenvalue weighted by Crippen LogP contribution is -2.19. The summed E-state index contributed by atoms with van der Waals surface area (Å²) < 4.78 is 1.88. The molecule has 0 fully saturated rings. The van der Waals surface area contributed by atoms with Crippen LogP contribution in [-0.2, 0) is 11.8 Å². The number of nitro benzene ring substituents is 1. The van der Waals surface area contributed by atoms with Gasteiger partial charge in [0.2, 0.25) is 5.91 Å².